The van der Waals surface area contributed by atoms with Crippen molar-refractivity contribution in [2.45, 2.75) is 18.9 Å². The third-order valence-corrected chi connectivity index (χ3v) is 4.72. The highest BCUT2D eigenvalue weighted by Crippen LogP contribution is 2.29. The summed E-state index contributed by atoms with van der Waals surface area (Å²) >= 11 is 0. The first kappa shape index (κ1) is 20.2. The molecule has 0 amide bonds. The van der Waals surface area contributed by atoms with Crippen LogP contribution in [0, 0.1) is 0 Å². The molecule has 1 heterocycles. The summed E-state index contributed by atoms with van der Waals surface area (Å²) in [5.74, 6) is 1.26. The van der Waals surface area contributed by atoms with E-state index in [0.717, 1.165) is 22.6 Å². The van der Waals surface area contributed by atoms with Crippen LogP contribution in [0.5, 0.6) is 17.2 Å². The standard InChI is InChI=1S/C25H21NO5/c27-24(28)16-23(25-26-14-15-29-25)19-8-12-20(13-9-19)30-17-18-6-10-22(11-7-18)31-21-4-2-1-3-5-21/h1-15,23H,16-17H2,(H,27,28). The van der Waals surface area contributed by atoms with Gasteiger partial charge in [0.15, 0.2) is 0 Å². The SMILES string of the molecule is O=C(O)CC(c1ccc(OCc2ccc(Oc3ccccc3)cc2)cc1)c1ncco1. The fraction of sp³-hybridized carbons (Fsp3) is 0.120. The lowest BCUT2D eigenvalue weighted by Crippen LogP contribution is -2.08. The van der Waals surface area contributed by atoms with E-state index in [9.17, 15) is 9.90 Å². The average Bonchev–Trinajstić information content (AvgIpc) is 3.33. The number of carboxylic acids is 1. The second-order valence-electron chi connectivity index (χ2n) is 6.94. The molecule has 0 saturated heterocycles. The normalized spacial score (nSPS) is 11.6. The lowest BCUT2D eigenvalue weighted by molar-refractivity contribution is -0.137. The van der Waals surface area contributed by atoms with Gasteiger partial charge < -0.3 is 19.0 Å². The number of carbonyl (C=O) groups is 1. The van der Waals surface area contributed by atoms with Crippen molar-refractivity contribution in [2.75, 3.05) is 0 Å². The van der Waals surface area contributed by atoms with Crippen LogP contribution >= 0.6 is 0 Å². The molecular formula is C25H21NO5. The molecule has 4 aromatic rings. The third kappa shape index (κ3) is 5.51. The fourth-order valence-electron chi connectivity index (χ4n) is 3.17. The first-order valence-corrected chi connectivity index (χ1v) is 9.83. The molecule has 4 rings (SSSR count). The number of aliphatic carboxylic acids is 1. The summed E-state index contributed by atoms with van der Waals surface area (Å²) in [4.78, 5) is 15.3. The van der Waals surface area contributed by atoms with E-state index in [1.54, 1.807) is 0 Å². The van der Waals surface area contributed by atoms with Crippen molar-refractivity contribution in [2.24, 2.45) is 0 Å². The van der Waals surface area contributed by atoms with Crippen molar-refractivity contribution >= 4 is 5.97 Å². The lowest BCUT2D eigenvalue weighted by atomic mass is 9.95. The van der Waals surface area contributed by atoms with Crippen LogP contribution in [0.15, 0.2) is 95.7 Å². The number of hydrogen-bond acceptors (Lipinski definition) is 5. The molecule has 0 aliphatic heterocycles. The molecule has 0 bridgehead atoms. The number of oxazole rings is 1. The van der Waals surface area contributed by atoms with Crippen molar-refractivity contribution in [3.63, 3.8) is 0 Å². The first-order valence-electron chi connectivity index (χ1n) is 9.83. The van der Waals surface area contributed by atoms with E-state index in [-0.39, 0.29) is 6.42 Å². The van der Waals surface area contributed by atoms with Gasteiger partial charge in [-0.25, -0.2) is 4.98 Å². The number of nitrogens with zero attached hydrogens (tertiary/aromatic N) is 1. The molecule has 6 heteroatoms. The molecule has 1 N–H and O–H groups in total. The van der Waals surface area contributed by atoms with Crippen molar-refractivity contribution < 1.29 is 23.8 Å². The van der Waals surface area contributed by atoms with Crippen molar-refractivity contribution in [3.05, 3.63) is 108 Å². The van der Waals surface area contributed by atoms with Crippen LogP contribution in [0.25, 0.3) is 0 Å². The molecule has 156 valence electrons. The van der Waals surface area contributed by atoms with E-state index < -0.39 is 11.9 Å². The Morgan fingerprint density at radius 3 is 2.23 bits per heavy atom. The molecule has 0 spiro atoms. The van der Waals surface area contributed by atoms with Gasteiger partial charge in [0.2, 0.25) is 5.89 Å². The number of benzene rings is 3. The van der Waals surface area contributed by atoms with Gasteiger partial charge in [0.1, 0.15) is 30.1 Å². The average molecular weight is 415 g/mol. The quantitative estimate of drug-likeness (QED) is 0.380. The van der Waals surface area contributed by atoms with Crippen LogP contribution in [0.4, 0.5) is 0 Å². The predicted molar refractivity (Wildman–Crippen MR) is 114 cm³/mol. The van der Waals surface area contributed by atoms with Gasteiger partial charge in [0.25, 0.3) is 0 Å². The molecular weight excluding hydrogens is 394 g/mol. The van der Waals surface area contributed by atoms with Gasteiger partial charge in [-0.2, -0.15) is 0 Å². The fourth-order valence-corrected chi connectivity index (χ4v) is 3.17. The number of rotatable bonds is 9. The van der Waals surface area contributed by atoms with E-state index >= 15 is 0 Å². The molecule has 1 atom stereocenters. The van der Waals surface area contributed by atoms with Gasteiger partial charge >= 0.3 is 5.97 Å². The maximum Gasteiger partial charge on any atom is 0.304 e. The summed E-state index contributed by atoms with van der Waals surface area (Å²) in [6, 6.07) is 24.6. The largest absolute Gasteiger partial charge is 0.489 e. The van der Waals surface area contributed by atoms with Gasteiger partial charge in [-0.1, -0.05) is 42.5 Å². The van der Waals surface area contributed by atoms with Crippen LogP contribution < -0.4 is 9.47 Å². The number of carboxylic acid groups (broad SMARTS) is 1. The zero-order valence-corrected chi connectivity index (χ0v) is 16.7. The number of ether oxygens (including phenoxy) is 2. The van der Waals surface area contributed by atoms with Crippen molar-refractivity contribution in [3.8, 4) is 17.2 Å². The summed E-state index contributed by atoms with van der Waals surface area (Å²) in [6.45, 7) is 0.406. The zero-order chi connectivity index (χ0) is 21.5. The Balaban J connectivity index is 1.36. The molecule has 1 aromatic heterocycles. The third-order valence-electron chi connectivity index (χ3n) is 4.72. The van der Waals surface area contributed by atoms with Gasteiger partial charge in [0.05, 0.1) is 18.5 Å². The molecule has 31 heavy (non-hydrogen) atoms. The number of para-hydroxylation sites is 1. The predicted octanol–water partition coefficient (Wildman–Crippen LogP) is 5.65. The van der Waals surface area contributed by atoms with Crippen LogP contribution in [-0.4, -0.2) is 16.1 Å². The van der Waals surface area contributed by atoms with Gasteiger partial charge in [-0.15, -0.1) is 0 Å². The van der Waals surface area contributed by atoms with E-state index in [0.29, 0.717) is 18.2 Å². The van der Waals surface area contributed by atoms with Crippen LogP contribution in [0.2, 0.25) is 0 Å². The Kier molecular flexibility index (Phi) is 6.28. The first-order chi connectivity index (χ1) is 15.2. The summed E-state index contributed by atoms with van der Waals surface area (Å²) < 4.78 is 17.0. The second kappa shape index (κ2) is 9.63. The summed E-state index contributed by atoms with van der Waals surface area (Å²) in [5, 5.41) is 9.21. The topological polar surface area (TPSA) is 81.8 Å². The molecule has 0 aliphatic rings. The van der Waals surface area contributed by atoms with Gasteiger partial charge in [-0.05, 0) is 47.5 Å². The molecule has 3 aromatic carbocycles. The molecule has 0 aliphatic carbocycles. The Morgan fingerprint density at radius 1 is 0.903 bits per heavy atom. The van der Waals surface area contributed by atoms with Crippen LogP contribution in [0.3, 0.4) is 0 Å². The summed E-state index contributed by atoms with van der Waals surface area (Å²) in [6.07, 6.45) is 2.85. The maximum atomic E-state index is 11.2. The lowest BCUT2D eigenvalue weighted by Gasteiger charge is -2.13. The van der Waals surface area contributed by atoms with Gasteiger partial charge in [-0.3, -0.25) is 4.79 Å². The second-order valence-corrected chi connectivity index (χ2v) is 6.94. The minimum absolute atomic E-state index is 0.0991. The molecule has 0 saturated carbocycles. The number of aromatic nitrogens is 1. The Labute approximate surface area is 179 Å². The highest BCUT2D eigenvalue weighted by Gasteiger charge is 2.22. The van der Waals surface area contributed by atoms with Crippen molar-refractivity contribution in [1.82, 2.24) is 4.98 Å². The van der Waals surface area contributed by atoms with E-state index in [1.807, 2.05) is 78.9 Å². The van der Waals surface area contributed by atoms with E-state index in [4.69, 9.17) is 13.9 Å². The van der Waals surface area contributed by atoms with E-state index in [1.165, 1.54) is 12.5 Å². The Hall–Kier alpha value is -4.06. The summed E-state index contributed by atoms with van der Waals surface area (Å²) in [5.41, 5.74) is 1.81. The number of hydrogen-bond donors (Lipinski definition) is 1. The Morgan fingerprint density at radius 2 is 1.58 bits per heavy atom. The molecule has 0 fully saturated rings. The monoisotopic (exact) mass is 415 g/mol. The van der Waals surface area contributed by atoms with Crippen LogP contribution in [0.1, 0.15) is 29.4 Å². The summed E-state index contributed by atoms with van der Waals surface area (Å²) in [7, 11) is 0. The maximum absolute atomic E-state index is 11.2. The highest BCUT2D eigenvalue weighted by atomic mass is 16.5. The van der Waals surface area contributed by atoms with Crippen molar-refractivity contribution in [1.29, 1.82) is 0 Å². The smallest absolute Gasteiger partial charge is 0.304 e. The molecule has 6 nitrogen and oxygen atoms in total. The van der Waals surface area contributed by atoms with Crippen LogP contribution in [-0.2, 0) is 11.4 Å². The molecule has 0 radical (unpaired) electrons. The minimum Gasteiger partial charge on any atom is -0.489 e. The Bertz CT molecular complexity index is 1090. The minimum atomic E-state index is -0.914. The van der Waals surface area contributed by atoms with E-state index in [2.05, 4.69) is 4.98 Å². The zero-order valence-electron chi connectivity index (χ0n) is 16.7. The molecule has 1 unspecified atom stereocenters. The highest BCUT2D eigenvalue weighted by molar-refractivity contribution is 5.68. The van der Waals surface area contributed by atoms with Gasteiger partial charge in [0, 0.05) is 0 Å².